The van der Waals surface area contributed by atoms with Gasteiger partial charge in [-0.2, -0.15) is 0 Å². The summed E-state index contributed by atoms with van der Waals surface area (Å²) in [5.74, 6) is -2.89. The minimum Gasteiger partial charge on any atom is -0.481 e. The van der Waals surface area contributed by atoms with E-state index in [4.69, 9.17) is 15.9 Å². The van der Waals surface area contributed by atoms with Gasteiger partial charge in [-0.05, 0) is 48.9 Å². The lowest BCUT2D eigenvalue weighted by molar-refractivity contribution is -0.140. The fourth-order valence-corrected chi connectivity index (χ4v) is 3.15. The van der Waals surface area contributed by atoms with Crippen LogP contribution in [0.2, 0.25) is 0 Å². The molecule has 2 aromatic rings. The van der Waals surface area contributed by atoms with Crippen LogP contribution >= 0.6 is 0 Å². The maximum absolute atomic E-state index is 11.7. The second kappa shape index (κ2) is 11.0. The van der Waals surface area contributed by atoms with Gasteiger partial charge >= 0.3 is 11.9 Å². The number of benzene rings is 2. The Bertz CT molecular complexity index is 838. The Labute approximate surface area is 169 Å². The Morgan fingerprint density at radius 1 is 1.03 bits per heavy atom. The minimum absolute atomic E-state index is 0.150. The summed E-state index contributed by atoms with van der Waals surface area (Å²) < 4.78 is 0. The SMILES string of the molecule is N[C@@H]1CCCc2ccccc21.O=C(O)CC[C@H](NC(=O)c1ccccc1)C(=O)O. The van der Waals surface area contributed by atoms with Gasteiger partial charge < -0.3 is 21.3 Å². The number of rotatable bonds is 6. The van der Waals surface area contributed by atoms with Crippen LogP contribution in [-0.2, 0) is 16.0 Å². The molecule has 3 rings (SSSR count). The van der Waals surface area contributed by atoms with Crippen molar-refractivity contribution in [3.05, 3.63) is 71.3 Å². The van der Waals surface area contributed by atoms with Crippen LogP contribution in [0.25, 0.3) is 0 Å². The van der Waals surface area contributed by atoms with E-state index in [1.54, 1.807) is 30.3 Å². The van der Waals surface area contributed by atoms with Crippen molar-refractivity contribution in [3.63, 3.8) is 0 Å². The standard InChI is InChI=1S/C12H13NO5.C10H13N/c14-10(15)7-6-9(12(17)18)13-11(16)8-4-2-1-3-5-8;11-10-7-3-5-8-4-1-2-6-9(8)10/h1-5,9H,6-7H2,(H,13,16)(H,14,15)(H,17,18);1-2,4,6,10H,3,5,7,11H2/t9-;10-/m01/s1. The van der Waals surface area contributed by atoms with Crippen LogP contribution in [0.5, 0.6) is 0 Å². The molecule has 29 heavy (non-hydrogen) atoms. The zero-order chi connectivity index (χ0) is 21.2. The summed E-state index contributed by atoms with van der Waals surface area (Å²) in [6, 6.07) is 15.7. The Morgan fingerprint density at radius 2 is 1.69 bits per heavy atom. The number of carboxylic acid groups (broad SMARTS) is 2. The smallest absolute Gasteiger partial charge is 0.326 e. The summed E-state index contributed by atoms with van der Waals surface area (Å²) in [6.45, 7) is 0. The molecule has 1 amide bonds. The summed E-state index contributed by atoms with van der Waals surface area (Å²) in [5, 5.41) is 19.7. The lowest BCUT2D eigenvalue weighted by Crippen LogP contribution is -2.41. The van der Waals surface area contributed by atoms with Gasteiger partial charge in [-0.25, -0.2) is 4.79 Å². The second-order valence-corrected chi connectivity index (χ2v) is 6.86. The topological polar surface area (TPSA) is 130 Å². The first-order chi connectivity index (χ1) is 13.9. The number of fused-ring (bicyclic) bond motifs is 1. The van der Waals surface area contributed by atoms with Crippen molar-refractivity contribution in [2.24, 2.45) is 5.73 Å². The first-order valence-corrected chi connectivity index (χ1v) is 9.52. The van der Waals surface area contributed by atoms with Gasteiger partial charge in [-0.15, -0.1) is 0 Å². The molecule has 1 aliphatic rings. The maximum atomic E-state index is 11.7. The minimum atomic E-state index is -1.25. The third kappa shape index (κ3) is 7.04. The van der Waals surface area contributed by atoms with E-state index in [-0.39, 0.29) is 12.8 Å². The van der Waals surface area contributed by atoms with Gasteiger partial charge in [0, 0.05) is 18.0 Å². The van der Waals surface area contributed by atoms with E-state index in [0.29, 0.717) is 11.6 Å². The van der Waals surface area contributed by atoms with Crippen LogP contribution in [0, 0.1) is 0 Å². The molecular formula is C22H26N2O5. The van der Waals surface area contributed by atoms with Gasteiger partial charge in [0.1, 0.15) is 6.04 Å². The number of nitrogens with one attached hydrogen (secondary N) is 1. The van der Waals surface area contributed by atoms with Crippen LogP contribution in [0.4, 0.5) is 0 Å². The van der Waals surface area contributed by atoms with Crippen LogP contribution in [-0.4, -0.2) is 34.1 Å². The number of carbonyl (C=O) groups is 3. The van der Waals surface area contributed by atoms with Crippen molar-refractivity contribution in [1.29, 1.82) is 0 Å². The number of amides is 1. The molecule has 0 saturated carbocycles. The monoisotopic (exact) mass is 398 g/mol. The predicted octanol–water partition coefficient (Wildman–Crippen LogP) is 2.76. The van der Waals surface area contributed by atoms with Crippen LogP contribution in [0.1, 0.15) is 53.2 Å². The zero-order valence-electron chi connectivity index (χ0n) is 16.1. The summed E-state index contributed by atoms with van der Waals surface area (Å²) in [7, 11) is 0. The summed E-state index contributed by atoms with van der Waals surface area (Å²) in [6.07, 6.45) is 3.15. The van der Waals surface area contributed by atoms with Crippen molar-refractivity contribution in [2.45, 2.75) is 44.2 Å². The van der Waals surface area contributed by atoms with Crippen molar-refractivity contribution in [3.8, 4) is 0 Å². The molecule has 5 N–H and O–H groups in total. The molecule has 0 aliphatic heterocycles. The fourth-order valence-electron chi connectivity index (χ4n) is 3.15. The van der Waals surface area contributed by atoms with E-state index in [1.807, 2.05) is 0 Å². The average molecular weight is 398 g/mol. The molecule has 0 saturated heterocycles. The van der Waals surface area contributed by atoms with Crippen molar-refractivity contribution in [2.75, 3.05) is 0 Å². The quantitative estimate of drug-likeness (QED) is 0.592. The van der Waals surface area contributed by atoms with E-state index in [1.165, 1.54) is 24.0 Å². The lowest BCUT2D eigenvalue weighted by Gasteiger charge is -2.21. The molecular weight excluding hydrogens is 372 g/mol. The van der Waals surface area contributed by atoms with Crippen LogP contribution in [0.3, 0.4) is 0 Å². The van der Waals surface area contributed by atoms with Crippen LogP contribution in [0.15, 0.2) is 54.6 Å². The molecule has 0 heterocycles. The molecule has 0 aromatic heterocycles. The van der Waals surface area contributed by atoms with E-state index in [9.17, 15) is 14.4 Å². The van der Waals surface area contributed by atoms with Gasteiger partial charge in [-0.1, -0.05) is 42.5 Å². The molecule has 154 valence electrons. The molecule has 0 fully saturated rings. The number of aryl methyl sites for hydroxylation is 1. The molecule has 0 spiro atoms. The number of nitrogens with two attached hydrogens (primary N) is 1. The lowest BCUT2D eigenvalue weighted by atomic mass is 9.88. The van der Waals surface area contributed by atoms with Gasteiger partial charge in [-0.3, -0.25) is 9.59 Å². The van der Waals surface area contributed by atoms with Crippen molar-refractivity contribution >= 4 is 17.8 Å². The Hall–Kier alpha value is -3.19. The number of hydrogen-bond acceptors (Lipinski definition) is 4. The third-order valence-electron chi connectivity index (χ3n) is 4.70. The molecule has 7 nitrogen and oxygen atoms in total. The first kappa shape index (κ1) is 22.1. The highest BCUT2D eigenvalue weighted by Gasteiger charge is 2.21. The normalized spacial score (nSPS) is 15.8. The van der Waals surface area contributed by atoms with Gasteiger partial charge in [0.25, 0.3) is 5.91 Å². The molecule has 0 unspecified atom stereocenters. The number of hydrogen-bond donors (Lipinski definition) is 4. The maximum Gasteiger partial charge on any atom is 0.326 e. The van der Waals surface area contributed by atoms with Gasteiger partial charge in [0.15, 0.2) is 0 Å². The third-order valence-corrected chi connectivity index (χ3v) is 4.70. The summed E-state index contributed by atoms with van der Waals surface area (Å²) in [5.41, 5.74) is 9.09. The van der Waals surface area contributed by atoms with Crippen molar-refractivity contribution in [1.82, 2.24) is 5.32 Å². The van der Waals surface area contributed by atoms with Gasteiger partial charge in [0.2, 0.25) is 0 Å². The predicted molar refractivity (Wildman–Crippen MR) is 109 cm³/mol. The summed E-state index contributed by atoms with van der Waals surface area (Å²) in [4.78, 5) is 32.9. The highest BCUT2D eigenvalue weighted by Crippen LogP contribution is 2.26. The van der Waals surface area contributed by atoms with E-state index >= 15 is 0 Å². The van der Waals surface area contributed by atoms with E-state index < -0.39 is 23.9 Å². The fraction of sp³-hybridized carbons (Fsp3) is 0.318. The number of carbonyl (C=O) groups excluding carboxylic acids is 1. The van der Waals surface area contributed by atoms with Crippen molar-refractivity contribution < 1.29 is 24.6 Å². The Morgan fingerprint density at radius 3 is 2.31 bits per heavy atom. The highest BCUT2D eigenvalue weighted by molar-refractivity contribution is 5.96. The Kier molecular flexibility index (Phi) is 8.36. The first-order valence-electron chi connectivity index (χ1n) is 9.52. The zero-order valence-corrected chi connectivity index (χ0v) is 16.1. The number of aliphatic carboxylic acids is 2. The molecule has 2 atom stereocenters. The molecule has 2 aromatic carbocycles. The van der Waals surface area contributed by atoms with E-state index in [2.05, 4.69) is 29.6 Å². The highest BCUT2D eigenvalue weighted by atomic mass is 16.4. The van der Waals surface area contributed by atoms with Crippen LogP contribution < -0.4 is 11.1 Å². The average Bonchev–Trinajstić information content (AvgIpc) is 2.72. The Balaban J connectivity index is 0.000000230. The number of carboxylic acids is 2. The molecule has 0 radical (unpaired) electrons. The summed E-state index contributed by atoms with van der Waals surface area (Å²) >= 11 is 0. The van der Waals surface area contributed by atoms with E-state index in [0.717, 1.165) is 6.42 Å². The molecule has 7 heteroatoms. The second-order valence-electron chi connectivity index (χ2n) is 6.86. The largest absolute Gasteiger partial charge is 0.481 e. The van der Waals surface area contributed by atoms with Gasteiger partial charge in [0.05, 0.1) is 0 Å². The molecule has 0 bridgehead atoms. The molecule has 1 aliphatic carbocycles.